The molecule has 1 aliphatic heterocycles. The molecule has 8 heteroatoms. The quantitative estimate of drug-likeness (QED) is 0.0863. The first-order valence-electron chi connectivity index (χ1n) is 17.5. The van der Waals surface area contributed by atoms with Crippen molar-refractivity contribution in [2.24, 2.45) is 22.7 Å². The van der Waals surface area contributed by atoms with Crippen molar-refractivity contribution in [2.75, 3.05) is 0 Å². The molecule has 0 atom stereocenters. The fourth-order valence-corrected chi connectivity index (χ4v) is 6.52. The van der Waals surface area contributed by atoms with Gasteiger partial charge < -0.3 is 9.84 Å². The summed E-state index contributed by atoms with van der Waals surface area (Å²) in [6.45, 7) is 17.1. The fraction of sp³-hybridized carbons (Fsp3) is 0.476. The molecule has 0 saturated heterocycles. The molecule has 0 unspecified atom stereocenters. The first kappa shape index (κ1) is 41.2. The number of fused-ring (bicyclic) bond motifs is 3. The van der Waals surface area contributed by atoms with Crippen LogP contribution in [0, 0.1) is 28.7 Å². The molecule has 0 bridgehead atoms. The van der Waals surface area contributed by atoms with E-state index in [0.29, 0.717) is 17.1 Å². The van der Waals surface area contributed by atoms with Crippen molar-refractivity contribution in [1.82, 2.24) is 4.98 Å². The number of carbonyl (C=O) groups excluding carboxylic acids is 1. The number of ether oxygens (including phenoxy) is 1. The van der Waals surface area contributed by atoms with E-state index in [1.165, 1.54) is 19.9 Å². The van der Waals surface area contributed by atoms with Crippen LogP contribution >= 0.6 is 0 Å². The number of carbonyl (C=O) groups is 1. The largest absolute Gasteiger partial charge is 0.512 e. The van der Waals surface area contributed by atoms with E-state index in [2.05, 4.69) is 37.9 Å². The number of rotatable bonds is 10. The Hall–Kier alpha value is -3.22. The van der Waals surface area contributed by atoms with Crippen LogP contribution in [0.5, 0.6) is 11.5 Å². The summed E-state index contributed by atoms with van der Waals surface area (Å²) in [5.41, 5.74) is 1.38. The second-order valence-electron chi connectivity index (χ2n) is 15.1. The molecule has 4 aromatic rings. The van der Waals surface area contributed by atoms with Gasteiger partial charge in [-0.05, 0) is 67.0 Å². The summed E-state index contributed by atoms with van der Waals surface area (Å²) in [6.07, 6.45) is 2.96. The van der Waals surface area contributed by atoms with Gasteiger partial charge in [0.05, 0.1) is 16.9 Å². The van der Waals surface area contributed by atoms with E-state index in [4.69, 9.17) is 4.74 Å². The van der Waals surface area contributed by atoms with E-state index >= 15 is 0 Å². The Bertz CT molecular complexity index is 1830. The predicted molar refractivity (Wildman–Crippen MR) is 194 cm³/mol. The number of ketones is 1. The zero-order valence-corrected chi connectivity index (χ0v) is 33.2. The summed E-state index contributed by atoms with van der Waals surface area (Å²) in [4.78, 5) is 16.4. The summed E-state index contributed by atoms with van der Waals surface area (Å²) in [6, 6.07) is 17.0. The molecule has 0 amide bonds. The second-order valence-corrected chi connectivity index (χ2v) is 15.1. The van der Waals surface area contributed by atoms with E-state index in [-0.39, 0.29) is 55.3 Å². The number of pyridine rings is 1. The van der Waals surface area contributed by atoms with E-state index in [0.717, 1.165) is 70.5 Å². The van der Waals surface area contributed by atoms with Gasteiger partial charge in [-0.2, -0.15) is 13.2 Å². The van der Waals surface area contributed by atoms with Crippen LogP contribution in [0.3, 0.4) is 0 Å². The van der Waals surface area contributed by atoms with Crippen LogP contribution in [0.2, 0.25) is 0 Å². The molecule has 0 aliphatic carbocycles. The minimum absolute atomic E-state index is 0. The fourth-order valence-electron chi connectivity index (χ4n) is 6.52. The number of aromatic nitrogens is 1. The normalized spacial score (nSPS) is 13.1. The molecule has 273 valence electrons. The van der Waals surface area contributed by atoms with Crippen molar-refractivity contribution in [3.63, 3.8) is 0 Å². The van der Waals surface area contributed by atoms with Crippen molar-refractivity contribution in [3.05, 3.63) is 77.7 Å². The van der Waals surface area contributed by atoms with Crippen LogP contribution in [-0.2, 0) is 37.7 Å². The molecule has 1 radical (unpaired) electrons. The minimum Gasteiger partial charge on any atom is -0.512 e. The first-order valence-corrected chi connectivity index (χ1v) is 17.5. The molecule has 0 saturated carbocycles. The number of halogens is 3. The van der Waals surface area contributed by atoms with E-state index < -0.39 is 11.6 Å². The maximum atomic E-state index is 13.6. The summed E-state index contributed by atoms with van der Waals surface area (Å²) in [5, 5.41) is 13.5. The van der Waals surface area contributed by atoms with Gasteiger partial charge in [0.25, 0.3) is 0 Å². The first-order chi connectivity index (χ1) is 22.9. The van der Waals surface area contributed by atoms with Crippen LogP contribution in [0.4, 0.5) is 13.2 Å². The Balaban J connectivity index is 0.000000361. The number of hydrogen-bond donors (Lipinski definition) is 1. The third-order valence-electron chi connectivity index (χ3n) is 9.55. The molecule has 5 rings (SSSR count). The van der Waals surface area contributed by atoms with Gasteiger partial charge in [0.2, 0.25) is 0 Å². The zero-order valence-electron chi connectivity index (χ0n) is 30.8. The summed E-state index contributed by atoms with van der Waals surface area (Å²) in [5.74, 6) is 1.80. The smallest absolute Gasteiger partial charge is 0.394 e. The summed E-state index contributed by atoms with van der Waals surface area (Å²) >= 11 is 0. The molecule has 1 aromatic heterocycles. The third kappa shape index (κ3) is 9.16. The van der Waals surface area contributed by atoms with Gasteiger partial charge in [-0.25, -0.2) is 0 Å². The molecule has 1 aliphatic rings. The van der Waals surface area contributed by atoms with Crippen LogP contribution in [0.1, 0.15) is 99.1 Å². The Morgan fingerprint density at radius 1 is 0.920 bits per heavy atom. The molecule has 3 aromatic carbocycles. The van der Waals surface area contributed by atoms with Crippen molar-refractivity contribution in [3.8, 4) is 22.8 Å². The van der Waals surface area contributed by atoms with Gasteiger partial charge in [0, 0.05) is 55.3 Å². The molecule has 4 nitrogen and oxygen atoms in total. The molecular weight excluding hydrogens is 816 g/mol. The second kappa shape index (κ2) is 16.4. The van der Waals surface area contributed by atoms with Gasteiger partial charge >= 0.3 is 6.18 Å². The number of aliphatic hydroxyl groups excluding tert-OH is 1. The SMILES string of the molecule is CC(C)(C)Cc1c2c([c-]c3ccccc13)-c1nccc3cc(CC(C)(C)C(F)(F)F)cc(c13)O2.CCC(CC)C(=O)/C=C(\O)C(CC)CC.[Ir]. The maximum absolute atomic E-state index is 13.6. The van der Waals surface area contributed by atoms with Crippen LogP contribution in [0.25, 0.3) is 32.8 Å². The van der Waals surface area contributed by atoms with Crippen molar-refractivity contribution in [1.29, 1.82) is 0 Å². The van der Waals surface area contributed by atoms with Crippen LogP contribution in [0.15, 0.2) is 60.5 Å². The standard InChI is InChI=1S/C29H27F3NO.C13H24O2.Ir/c1-27(2,3)16-22-20-9-7-6-8-18(20)14-21-25-24-19(10-11-33-25)12-17(13-23(24)34-26(21)22)15-28(4,5)29(30,31)32;1-5-10(6-2)12(14)9-13(15)11(7-3)8-4;/h6-13H,15-16H2,1-5H3;9-11,14H,5-8H2,1-4H3;/q-1;;/b;12-9-;. The Kier molecular flexibility index (Phi) is 13.5. The molecule has 2 heterocycles. The maximum Gasteiger partial charge on any atom is 0.394 e. The van der Waals surface area contributed by atoms with E-state index in [9.17, 15) is 23.1 Å². The van der Waals surface area contributed by atoms with Crippen LogP contribution < -0.4 is 4.74 Å². The molecule has 50 heavy (non-hydrogen) atoms. The molecular formula is C42H51F3IrNO3-. The molecule has 0 fully saturated rings. The van der Waals surface area contributed by atoms with Crippen molar-refractivity contribution >= 4 is 27.3 Å². The topological polar surface area (TPSA) is 59.4 Å². The average molecular weight is 867 g/mol. The van der Waals surface area contributed by atoms with Gasteiger partial charge in [-0.15, -0.1) is 17.5 Å². The van der Waals surface area contributed by atoms with Crippen LogP contribution in [-0.4, -0.2) is 22.1 Å². The van der Waals surface area contributed by atoms with Gasteiger partial charge in [0.15, 0.2) is 5.78 Å². The number of aliphatic hydroxyl groups is 1. The Labute approximate surface area is 309 Å². The van der Waals surface area contributed by atoms with Gasteiger partial charge in [-0.3, -0.25) is 9.78 Å². The summed E-state index contributed by atoms with van der Waals surface area (Å²) < 4.78 is 47.3. The zero-order chi connectivity index (χ0) is 36.3. The Morgan fingerprint density at radius 2 is 1.54 bits per heavy atom. The summed E-state index contributed by atoms with van der Waals surface area (Å²) in [7, 11) is 0. The Morgan fingerprint density at radius 3 is 2.12 bits per heavy atom. The van der Waals surface area contributed by atoms with Crippen molar-refractivity contribution in [2.45, 2.75) is 107 Å². The van der Waals surface area contributed by atoms with Crippen molar-refractivity contribution < 1.29 is 47.9 Å². The monoisotopic (exact) mass is 867 g/mol. The molecule has 0 spiro atoms. The van der Waals surface area contributed by atoms with E-state index in [1.807, 2.05) is 58.0 Å². The predicted octanol–water partition coefficient (Wildman–Crippen LogP) is 12.5. The number of nitrogens with zero attached hydrogens (tertiary/aromatic N) is 1. The number of alkyl halides is 3. The third-order valence-corrected chi connectivity index (χ3v) is 9.55. The van der Waals surface area contributed by atoms with Gasteiger partial charge in [0.1, 0.15) is 5.75 Å². The number of allylic oxidation sites excluding steroid dienone is 2. The molecule has 1 N–H and O–H groups in total. The number of hydrogen-bond acceptors (Lipinski definition) is 4. The number of benzene rings is 3. The van der Waals surface area contributed by atoms with Gasteiger partial charge in [-0.1, -0.05) is 103 Å². The average Bonchev–Trinajstić information content (AvgIpc) is 3.01. The minimum atomic E-state index is -4.30. The van der Waals surface area contributed by atoms with E-state index in [1.54, 1.807) is 12.3 Å².